The summed E-state index contributed by atoms with van der Waals surface area (Å²) in [5.74, 6) is -0.0586. The first-order chi connectivity index (χ1) is 15.4. The van der Waals surface area contributed by atoms with E-state index in [0.717, 1.165) is 11.8 Å². The molecule has 2 aromatic carbocycles. The summed E-state index contributed by atoms with van der Waals surface area (Å²) in [5.41, 5.74) is 0.508. The molecule has 0 spiro atoms. The van der Waals surface area contributed by atoms with Gasteiger partial charge in [0.25, 0.3) is 11.6 Å². The quantitative estimate of drug-likeness (QED) is 0.288. The van der Waals surface area contributed by atoms with Crippen LogP contribution in [0.4, 0.5) is 11.4 Å². The first-order valence-corrected chi connectivity index (χ1v) is 10.8. The summed E-state index contributed by atoms with van der Waals surface area (Å²) in [4.78, 5) is 35.3. The van der Waals surface area contributed by atoms with Crippen LogP contribution in [0.3, 0.4) is 0 Å². The van der Waals surface area contributed by atoms with Crippen molar-refractivity contribution in [3.8, 4) is 0 Å². The van der Waals surface area contributed by atoms with Crippen LogP contribution >= 0.6 is 11.8 Å². The van der Waals surface area contributed by atoms with Crippen LogP contribution in [0.5, 0.6) is 0 Å². The first kappa shape index (κ1) is 22.9. The minimum Gasteiger partial charge on any atom is -0.342 e. The van der Waals surface area contributed by atoms with Crippen LogP contribution in [-0.4, -0.2) is 37.3 Å². The molecule has 10 nitrogen and oxygen atoms in total. The number of nitrogens with one attached hydrogen (secondary N) is 2. The number of hydrogen-bond donors (Lipinski definition) is 2. The van der Waals surface area contributed by atoms with Crippen LogP contribution in [-0.2, 0) is 11.3 Å². The van der Waals surface area contributed by atoms with E-state index in [1.165, 1.54) is 18.2 Å². The predicted octanol–water partition coefficient (Wildman–Crippen LogP) is 3.43. The zero-order valence-electron chi connectivity index (χ0n) is 17.5. The second kappa shape index (κ2) is 10.5. The molecule has 0 aliphatic carbocycles. The van der Waals surface area contributed by atoms with E-state index in [0.29, 0.717) is 23.1 Å². The molecule has 0 bridgehead atoms. The summed E-state index contributed by atoms with van der Waals surface area (Å²) >= 11 is 1.16. The molecule has 0 radical (unpaired) electrons. The van der Waals surface area contributed by atoms with Gasteiger partial charge in [0.15, 0.2) is 11.0 Å². The number of anilines is 1. The minimum absolute atomic E-state index is 0.00502. The Kier molecular flexibility index (Phi) is 7.55. The fourth-order valence-corrected chi connectivity index (χ4v) is 3.82. The molecule has 2 N–H and O–H groups in total. The summed E-state index contributed by atoms with van der Waals surface area (Å²) in [6.07, 6.45) is 0. The number of para-hydroxylation sites is 2. The smallest absolute Gasteiger partial charge is 0.292 e. The van der Waals surface area contributed by atoms with Gasteiger partial charge in [-0.05, 0) is 32.0 Å². The van der Waals surface area contributed by atoms with Gasteiger partial charge in [-0.15, -0.1) is 10.2 Å². The van der Waals surface area contributed by atoms with Crippen molar-refractivity contribution < 1.29 is 14.5 Å². The van der Waals surface area contributed by atoms with Gasteiger partial charge in [-0.2, -0.15) is 0 Å². The number of aromatic nitrogens is 3. The van der Waals surface area contributed by atoms with Gasteiger partial charge in [0.1, 0.15) is 5.69 Å². The van der Waals surface area contributed by atoms with E-state index in [9.17, 15) is 19.7 Å². The number of thioether (sulfide) groups is 1. The third-order valence-corrected chi connectivity index (χ3v) is 5.51. The van der Waals surface area contributed by atoms with Crippen LogP contribution in [0.2, 0.25) is 0 Å². The summed E-state index contributed by atoms with van der Waals surface area (Å²) in [5, 5.41) is 25.4. The van der Waals surface area contributed by atoms with Gasteiger partial charge >= 0.3 is 0 Å². The Morgan fingerprint density at radius 1 is 1.12 bits per heavy atom. The van der Waals surface area contributed by atoms with Gasteiger partial charge in [-0.25, -0.2) is 0 Å². The lowest BCUT2D eigenvalue weighted by molar-refractivity contribution is -0.383. The van der Waals surface area contributed by atoms with Crippen LogP contribution < -0.4 is 10.6 Å². The normalized spacial score (nSPS) is 11.6. The number of hydrogen-bond acceptors (Lipinski definition) is 7. The number of carbonyl (C=O) groups is 2. The van der Waals surface area contributed by atoms with Gasteiger partial charge in [-0.3, -0.25) is 19.7 Å². The molecule has 32 heavy (non-hydrogen) atoms. The number of rotatable bonds is 9. The monoisotopic (exact) mass is 454 g/mol. The fraction of sp³-hybridized carbons (Fsp3) is 0.238. The average Bonchev–Trinajstić information content (AvgIpc) is 3.21. The molecule has 0 unspecified atom stereocenters. The van der Waals surface area contributed by atoms with Crippen molar-refractivity contribution in [1.82, 2.24) is 20.1 Å². The molecule has 0 saturated carbocycles. The van der Waals surface area contributed by atoms with Crippen molar-refractivity contribution in [2.45, 2.75) is 31.6 Å². The van der Waals surface area contributed by atoms with Crippen molar-refractivity contribution >= 4 is 35.0 Å². The lowest BCUT2D eigenvalue weighted by Crippen LogP contribution is -2.28. The molecule has 3 rings (SSSR count). The van der Waals surface area contributed by atoms with Gasteiger partial charge in [0.05, 0.1) is 16.7 Å². The van der Waals surface area contributed by atoms with E-state index in [4.69, 9.17) is 0 Å². The van der Waals surface area contributed by atoms with Gasteiger partial charge in [0, 0.05) is 18.2 Å². The lowest BCUT2D eigenvalue weighted by Gasteiger charge is -2.15. The third-order valence-electron chi connectivity index (χ3n) is 4.54. The second-order valence-corrected chi connectivity index (χ2v) is 7.70. The maximum atomic E-state index is 12.4. The largest absolute Gasteiger partial charge is 0.342 e. The molecule has 2 amide bonds. The SMILES string of the molecule is CCn1c(SCC(=O)Nc2ccccc2[N+](=O)[O-])nnc1[C@H](C)NC(=O)c1ccccc1. The molecule has 0 saturated heterocycles. The molecular formula is C21H22N6O4S. The Labute approximate surface area is 188 Å². The molecule has 0 fully saturated rings. The maximum Gasteiger partial charge on any atom is 0.292 e. The van der Waals surface area contributed by atoms with Crippen molar-refractivity contribution in [1.29, 1.82) is 0 Å². The zero-order valence-corrected chi connectivity index (χ0v) is 18.3. The number of amides is 2. The van der Waals surface area contributed by atoms with E-state index in [-0.39, 0.29) is 23.0 Å². The lowest BCUT2D eigenvalue weighted by atomic mass is 10.2. The molecule has 166 valence electrons. The Morgan fingerprint density at radius 3 is 2.50 bits per heavy atom. The Bertz CT molecular complexity index is 1120. The van der Waals surface area contributed by atoms with E-state index in [1.807, 2.05) is 24.5 Å². The predicted molar refractivity (Wildman–Crippen MR) is 120 cm³/mol. The fourth-order valence-electron chi connectivity index (χ4n) is 3.01. The molecule has 1 heterocycles. The standard InChI is InChI=1S/C21H22N6O4S/c1-3-26-19(14(2)22-20(29)15-9-5-4-6-10-15)24-25-21(26)32-13-18(28)23-16-11-7-8-12-17(16)27(30)31/h4-12,14H,3,13H2,1-2H3,(H,22,29)(H,23,28)/t14-/m0/s1. The summed E-state index contributed by atoms with van der Waals surface area (Å²) < 4.78 is 1.82. The molecule has 1 aromatic heterocycles. The van der Waals surface area contributed by atoms with Crippen LogP contribution in [0, 0.1) is 10.1 Å². The highest BCUT2D eigenvalue weighted by molar-refractivity contribution is 7.99. The number of carbonyl (C=O) groups excluding carboxylic acids is 2. The minimum atomic E-state index is -0.548. The van der Waals surface area contributed by atoms with E-state index >= 15 is 0 Å². The van der Waals surface area contributed by atoms with Gasteiger partial charge < -0.3 is 15.2 Å². The summed E-state index contributed by atoms with van der Waals surface area (Å²) in [7, 11) is 0. The molecule has 1 atom stereocenters. The topological polar surface area (TPSA) is 132 Å². The van der Waals surface area contributed by atoms with Crippen LogP contribution in [0.1, 0.15) is 36.1 Å². The molecule has 3 aromatic rings. The summed E-state index contributed by atoms with van der Waals surface area (Å²) in [6.45, 7) is 4.27. The zero-order chi connectivity index (χ0) is 23.1. The highest BCUT2D eigenvalue weighted by Crippen LogP contribution is 2.25. The third kappa shape index (κ3) is 5.49. The van der Waals surface area contributed by atoms with Crippen molar-refractivity contribution in [2.24, 2.45) is 0 Å². The highest BCUT2D eigenvalue weighted by Gasteiger charge is 2.21. The molecule has 11 heteroatoms. The van der Waals surface area contributed by atoms with E-state index in [2.05, 4.69) is 20.8 Å². The van der Waals surface area contributed by atoms with Crippen molar-refractivity contribution in [3.63, 3.8) is 0 Å². The van der Waals surface area contributed by atoms with Gasteiger partial charge in [0.2, 0.25) is 5.91 Å². The van der Waals surface area contributed by atoms with Gasteiger partial charge in [-0.1, -0.05) is 42.1 Å². The number of benzene rings is 2. The Hall–Kier alpha value is -3.73. The maximum absolute atomic E-state index is 12.4. The molecule has 0 aliphatic rings. The Morgan fingerprint density at radius 2 is 1.81 bits per heavy atom. The number of nitro groups is 1. The number of nitro benzene ring substituents is 1. The van der Waals surface area contributed by atoms with Crippen molar-refractivity contribution in [2.75, 3.05) is 11.1 Å². The van der Waals surface area contributed by atoms with Crippen LogP contribution in [0.25, 0.3) is 0 Å². The second-order valence-electron chi connectivity index (χ2n) is 6.76. The molecular weight excluding hydrogens is 432 g/mol. The Balaban J connectivity index is 1.64. The highest BCUT2D eigenvalue weighted by atomic mass is 32.2. The average molecular weight is 455 g/mol. The van der Waals surface area contributed by atoms with E-state index < -0.39 is 16.9 Å². The summed E-state index contributed by atoms with van der Waals surface area (Å²) in [6, 6.07) is 14.4. The number of nitrogens with zero attached hydrogens (tertiary/aromatic N) is 4. The van der Waals surface area contributed by atoms with E-state index in [1.54, 1.807) is 30.3 Å². The van der Waals surface area contributed by atoms with Crippen molar-refractivity contribution in [3.05, 3.63) is 76.1 Å². The van der Waals surface area contributed by atoms with Crippen LogP contribution in [0.15, 0.2) is 59.8 Å². The first-order valence-electron chi connectivity index (χ1n) is 9.85. The molecule has 0 aliphatic heterocycles.